The van der Waals surface area contributed by atoms with Gasteiger partial charge < -0.3 is 5.84 Å². The lowest BCUT2D eigenvalue weighted by molar-refractivity contribution is 0.445. The molecular formula is C22H29N5O2S2. The van der Waals surface area contributed by atoms with Gasteiger partial charge in [0.15, 0.2) is 5.82 Å². The lowest BCUT2D eigenvalue weighted by Gasteiger charge is -2.18. The number of nitrogens with zero attached hydrogens (tertiary/aromatic N) is 4. The zero-order chi connectivity index (χ0) is 22.4. The van der Waals surface area contributed by atoms with Crippen molar-refractivity contribution in [1.82, 2.24) is 19.2 Å². The van der Waals surface area contributed by atoms with E-state index in [9.17, 15) is 8.42 Å². The van der Waals surface area contributed by atoms with Crippen molar-refractivity contribution in [1.29, 1.82) is 0 Å². The molecule has 0 fully saturated rings. The van der Waals surface area contributed by atoms with Crippen molar-refractivity contribution < 1.29 is 8.42 Å². The first-order valence-electron chi connectivity index (χ1n) is 10.4. The zero-order valence-corrected chi connectivity index (χ0v) is 19.7. The molecule has 2 aromatic carbocycles. The predicted octanol–water partition coefficient (Wildman–Crippen LogP) is 3.80. The fourth-order valence-electron chi connectivity index (χ4n) is 3.32. The van der Waals surface area contributed by atoms with Gasteiger partial charge in [0, 0.05) is 23.9 Å². The molecule has 2 N–H and O–H groups in total. The van der Waals surface area contributed by atoms with Gasteiger partial charge in [0.2, 0.25) is 15.2 Å². The molecule has 7 nitrogen and oxygen atoms in total. The quantitative estimate of drug-likeness (QED) is 0.366. The highest BCUT2D eigenvalue weighted by atomic mass is 32.2. The van der Waals surface area contributed by atoms with Crippen molar-refractivity contribution in [2.24, 2.45) is 0 Å². The van der Waals surface area contributed by atoms with Crippen LogP contribution in [0.1, 0.15) is 32.8 Å². The lowest BCUT2D eigenvalue weighted by Crippen LogP contribution is -2.30. The summed E-state index contributed by atoms with van der Waals surface area (Å²) < 4.78 is 28.6. The maximum Gasteiger partial charge on any atom is 0.243 e. The summed E-state index contributed by atoms with van der Waals surface area (Å²) in [5, 5.41) is 9.37. The SMILES string of the molecule is CCN(CC)S(=O)(=O)c1cccc(-c2nnc(SC(C)CCc3ccccc3)n2N)c1. The molecule has 1 unspecified atom stereocenters. The van der Waals surface area contributed by atoms with E-state index in [2.05, 4.69) is 29.3 Å². The standard InChI is InChI=1S/C22H29N5O2S2/c1-4-26(5-2)31(28,29)20-13-9-12-19(16-20)21-24-25-22(27(21)23)30-17(3)14-15-18-10-7-6-8-11-18/h6-13,16-17H,4-5,14-15,23H2,1-3H3. The van der Waals surface area contributed by atoms with Crippen LogP contribution in [0.5, 0.6) is 0 Å². The van der Waals surface area contributed by atoms with E-state index < -0.39 is 10.0 Å². The second kappa shape index (κ2) is 10.3. The van der Waals surface area contributed by atoms with Gasteiger partial charge in [-0.25, -0.2) is 13.1 Å². The number of sulfonamides is 1. The molecule has 0 radical (unpaired) electrons. The van der Waals surface area contributed by atoms with Gasteiger partial charge in [0.1, 0.15) is 0 Å². The third-order valence-electron chi connectivity index (χ3n) is 5.09. The van der Waals surface area contributed by atoms with E-state index in [0.29, 0.717) is 34.9 Å². The third kappa shape index (κ3) is 5.47. The smallest absolute Gasteiger partial charge is 0.243 e. The maximum atomic E-state index is 12.9. The zero-order valence-electron chi connectivity index (χ0n) is 18.1. The van der Waals surface area contributed by atoms with Crippen LogP contribution in [0.25, 0.3) is 11.4 Å². The second-order valence-electron chi connectivity index (χ2n) is 7.25. The Morgan fingerprint density at radius 1 is 1.06 bits per heavy atom. The summed E-state index contributed by atoms with van der Waals surface area (Å²) >= 11 is 1.56. The predicted molar refractivity (Wildman–Crippen MR) is 126 cm³/mol. The molecule has 0 aliphatic carbocycles. The Hall–Kier alpha value is -2.36. The molecule has 1 atom stereocenters. The lowest BCUT2D eigenvalue weighted by atomic mass is 10.1. The van der Waals surface area contributed by atoms with Crippen molar-refractivity contribution in [2.45, 2.75) is 48.9 Å². The minimum Gasteiger partial charge on any atom is -0.335 e. The Morgan fingerprint density at radius 3 is 2.45 bits per heavy atom. The van der Waals surface area contributed by atoms with Crippen LogP contribution in [0, 0.1) is 0 Å². The maximum absolute atomic E-state index is 12.9. The van der Waals surface area contributed by atoms with Crippen LogP contribution in [0.15, 0.2) is 64.6 Å². The summed E-state index contributed by atoms with van der Waals surface area (Å²) in [4.78, 5) is 0.224. The van der Waals surface area contributed by atoms with Gasteiger partial charge in [-0.2, -0.15) is 4.31 Å². The molecule has 0 spiro atoms. The Labute approximate surface area is 188 Å². The largest absolute Gasteiger partial charge is 0.335 e. The fourth-order valence-corrected chi connectivity index (χ4v) is 5.70. The van der Waals surface area contributed by atoms with Crippen LogP contribution >= 0.6 is 11.8 Å². The fraction of sp³-hybridized carbons (Fsp3) is 0.364. The van der Waals surface area contributed by atoms with Crippen LogP contribution in [0.2, 0.25) is 0 Å². The molecule has 31 heavy (non-hydrogen) atoms. The van der Waals surface area contributed by atoms with E-state index in [1.807, 2.05) is 32.0 Å². The minimum atomic E-state index is -3.56. The molecule has 0 saturated heterocycles. The number of aryl methyl sites for hydroxylation is 1. The molecule has 0 aliphatic rings. The second-order valence-corrected chi connectivity index (χ2v) is 10.6. The first-order valence-corrected chi connectivity index (χ1v) is 12.7. The first kappa shape index (κ1) is 23.3. The van der Waals surface area contributed by atoms with Crippen molar-refractivity contribution in [2.75, 3.05) is 18.9 Å². The molecule has 1 heterocycles. The Bertz CT molecular complexity index is 1100. The van der Waals surface area contributed by atoms with Crippen molar-refractivity contribution in [3.8, 4) is 11.4 Å². The average molecular weight is 460 g/mol. The topological polar surface area (TPSA) is 94.1 Å². The van der Waals surface area contributed by atoms with E-state index >= 15 is 0 Å². The number of rotatable bonds is 10. The van der Waals surface area contributed by atoms with Gasteiger partial charge in [-0.05, 0) is 30.5 Å². The monoisotopic (exact) mass is 459 g/mol. The molecule has 9 heteroatoms. The highest BCUT2D eigenvalue weighted by Gasteiger charge is 2.23. The van der Waals surface area contributed by atoms with E-state index in [1.54, 1.807) is 36.0 Å². The minimum absolute atomic E-state index is 0.224. The summed E-state index contributed by atoms with van der Waals surface area (Å²) in [6, 6.07) is 17.1. The number of benzene rings is 2. The summed E-state index contributed by atoms with van der Waals surface area (Å²) in [7, 11) is -3.56. The highest BCUT2D eigenvalue weighted by Crippen LogP contribution is 2.28. The number of thioether (sulfide) groups is 1. The highest BCUT2D eigenvalue weighted by molar-refractivity contribution is 7.99. The summed E-state index contributed by atoms with van der Waals surface area (Å²) in [6.45, 7) is 6.61. The summed E-state index contributed by atoms with van der Waals surface area (Å²) in [5.41, 5.74) is 1.92. The van der Waals surface area contributed by atoms with Crippen LogP contribution in [-0.4, -0.2) is 45.9 Å². The van der Waals surface area contributed by atoms with Crippen molar-refractivity contribution in [3.63, 3.8) is 0 Å². The number of hydrogen-bond acceptors (Lipinski definition) is 6. The molecule has 0 bridgehead atoms. The van der Waals surface area contributed by atoms with Gasteiger partial charge in [-0.1, -0.05) is 75.0 Å². The summed E-state index contributed by atoms with van der Waals surface area (Å²) in [5.74, 6) is 6.71. The van der Waals surface area contributed by atoms with Crippen molar-refractivity contribution >= 4 is 21.8 Å². The van der Waals surface area contributed by atoms with Crippen LogP contribution < -0.4 is 5.84 Å². The van der Waals surface area contributed by atoms with Gasteiger partial charge in [0.05, 0.1) is 4.90 Å². The van der Waals surface area contributed by atoms with Gasteiger partial charge in [-0.3, -0.25) is 0 Å². The Balaban J connectivity index is 1.75. The van der Waals surface area contributed by atoms with E-state index in [4.69, 9.17) is 5.84 Å². The van der Waals surface area contributed by atoms with E-state index in [-0.39, 0.29) is 4.90 Å². The van der Waals surface area contributed by atoms with Crippen molar-refractivity contribution in [3.05, 3.63) is 60.2 Å². The van der Waals surface area contributed by atoms with Crippen LogP contribution in [0.4, 0.5) is 0 Å². The molecular weight excluding hydrogens is 430 g/mol. The van der Waals surface area contributed by atoms with Gasteiger partial charge in [-0.15, -0.1) is 10.2 Å². The van der Waals surface area contributed by atoms with E-state index in [1.165, 1.54) is 14.5 Å². The number of hydrogen-bond donors (Lipinski definition) is 1. The Kier molecular flexibility index (Phi) is 7.74. The molecule has 3 rings (SSSR count). The average Bonchev–Trinajstić information content (AvgIpc) is 3.14. The molecule has 3 aromatic rings. The number of nitrogens with two attached hydrogens (primary N) is 1. The molecule has 1 aromatic heterocycles. The van der Waals surface area contributed by atoms with E-state index in [0.717, 1.165) is 12.8 Å². The van der Waals surface area contributed by atoms with Gasteiger partial charge in [0.25, 0.3) is 0 Å². The van der Waals surface area contributed by atoms with Crippen LogP contribution in [-0.2, 0) is 16.4 Å². The Morgan fingerprint density at radius 2 is 1.77 bits per heavy atom. The molecule has 0 saturated carbocycles. The number of nitrogen functional groups attached to an aromatic ring is 1. The molecule has 0 amide bonds. The molecule has 166 valence electrons. The molecule has 0 aliphatic heterocycles. The summed E-state index contributed by atoms with van der Waals surface area (Å²) in [6.07, 6.45) is 1.96. The first-order chi connectivity index (χ1) is 14.9. The normalized spacial score (nSPS) is 12.9. The van der Waals surface area contributed by atoms with Gasteiger partial charge >= 0.3 is 0 Å². The third-order valence-corrected chi connectivity index (χ3v) is 8.26. The van der Waals surface area contributed by atoms with Crippen LogP contribution in [0.3, 0.4) is 0 Å². The number of aromatic nitrogens is 3.